The fourth-order valence-corrected chi connectivity index (χ4v) is 1.97. The topological polar surface area (TPSA) is 38.1 Å². The minimum atomic E-state index is 0.463. The molecule has 0 unspecified atom stereocenters. The highest BCUT2D eigenvalue weighted by atomic mass is 35.5. The van der Waals surface area contributed by atoms with Gasteiger partial charge in [-0.05, 0) is 18.2 Å². The molecule has 0 aliphatic rings. The van der Waals surface area contributed by atoms with E-state index in [0.717, 1.165) is 18.5 Å². The van der Waals surface area contributed by atoms with Gasteiger partial charge < -0.3 is 9.73 Å². The average molecular weight is 299 g/mol. The largest absolute Gasteiger partial charge is 0.441 e. The van der Waals surface area contributed by atoms with Crippen molar-refractivity contribution in [3.8, 4) is 11.3 Å². The molecular formula is C14H16Cl2N2O. The van der Waals surface area contributed by atoms with Gasteiger partial charge in [-0.25, -0.2) is 4.98 Å². The summed E-state index contributed by atoms with van der Waals surface area (Å²) in [6.07, 6.45) is 2.48. The maximum Gasteiger partial charge on any atom is 0.196 e. The van der Waals surface area contributed by atoms with Gasteiger partial charge in [0, 0.05) is 24.6 Å². The number of hydrogen-bond acceptors (Lipinski definition) is 3. The van der Waals surface area contributed by atoms with Crippen molar-refractivity contribution in [2.45, 2.75) is 26.3 Å². The average Bonchev–Trinajstić information content (AvgIpc) is 2.81. The summed E-state index contributed by atoms with van der Waals surface area (Å²) in [5, 5.41) is 4.37. The third kappa shape index (κ3) is 3.96. The van der Waals surface area contributed by atoms with E-state index >= 15 is 0 Å². The van der Waals surface area contributed by atoms with E-state index in [-0.39, 0.29) is 0 Å². The standard InChI is InChI=1S/C14H16Cl2N2O/c1-9(2)17-6-5-14-18-8-13(19-14)10-3-4-11(15)12(16)7-10/h3-4,7-9,17H,5-6H2,1-2H3. The molecule has 0 amide bonds. The second-order valence-corrected chi connectivity index (χ2v) is 5.42. The molecule has 1 aromatic heterocycles. The lowest BCUT2D eigenvalue weighted by molar-refractivity contribution is 0.484. The zero-order valence-electron chi connectivity index (χ0n) is 10.9. The van der Waals surface area contributed by atoms with Gasteiger partial charge in [-0.1, -0.05) is 37.0 Å². The zero-order valence-corrected chi connectivity index (χ0v) is 12.4. The summed E-state index contributed by atoms with van der Waals surface area (Å²) in [4.78, 5) is 4.26. The molecule has 0 aliphatic carbocycles. The van der Waals surface area contributed by atoms with Crippen molar-refractivity contribution in [2.75, 3.05) is 6.54 Å². The molecule has 0 saturated carbocycles. The Balaban J connectivity index is 2.05. The first-order chi connectivity index (χ1) is 9.06. The van der Waals surface area contributed by atoms with Crippen LogP contribution in [0.25, 0.3) is 11.3 Å². The van der Waals surface area contributed by atoms with Crippen LogP contribution in [-0.2, 0) is 6.42 Å². The number of aromatic nitrogens is 1. The first-order valence-corrected chi connectivity index (χ1v) is 6.95. The SMILES string of the molecule is CC(C)NCCc1ncc(-c2ccc(Cl)c(Cl)c2)o1. The number of hydrogen-bond donors (Lipinski definition) is 1. The number of nitrogens with zero attached hydrogens (tertiary/aromatic N) is 1. The summed E-state index contributed by atoms with van der Waals surface area (Å²) in [6.45, 7) is 5.06. The van der Waals surface area contributed by atoms with Crippen LogP contribution in [0.3, 0.4) is 0 Å². The molecule has 0 spiro atoms. The van der Waals surface area contributed by atoms with E-state index in [9.17, 15) is 0 Å². The van der Waals surface area contributed by atoms with Crippen molar-refractivity contribution < 1.29 is 4.42 Å². The second-order valence-electron chi connectivity index (χ2n) is 4.61. The number of benzene rings is 1. The minimum Gasteiger partial charge on any atom is -0.441 e. The third-order valence-corrected chi connectivity index (χ3v) is 3.39. The highest BCUT2D eigenvalue weighted by Crippen LogP contribution is 2.28. The van der Waals surface area contributed by atoms with Crippen LogP contribution in [0.1, 0.15) is 19.7 Å². The van der Waals surface area contributed by atoms with Crippen molar-refractivity contribution in [1.82, 2.24) is 10.3 Å². The predicted octanol–water partition coefficient (Wildman–Crippen LogP) is 4.19. The Labute approximate surface area is 122 Å². The maximum absolute atomic E-state index is 5.98. The Bertz CT molecular complexity index is 552. The molecule has 3 nitrogen and oxygen atoms in total. The molecule has 1 N–H and O–H groups in total. The summed E-state index contributed by atoms with van der Waals surface area (Å²) >= 11 is 11.9. The lowest BCUT2D eigenvalue weighted by atomic mass is 10.2. The highest BCUT2D eigenvalue weighted by Gasteiger charge is 2.08. The van der Waals surface area contributed by atoms with Gasteiger partial charge in [-0.2, -0.15) is 0 Å². The Morgan fingerprint density at radius 3 is 2.74 bits per heavy atom. The summed E-state index contributed by atoms with van der Waals surface area (Å²) in [7, 11) is 0. The van der Waals surface area contributed by atoms with E-state index in [2.05, 4.69) is 24.1 Å². The van der Waals surface area contributed by atoms with E-state index in [1.165, 1.54) is 0 Å². The molecule has 0 bridgehead atoms. The number of oxazole rings is 1. The molecule has 2 rings (SSSR count). The maximum atomic E-state index is 5.98. The van der Waals surface area contributed by atoms with Gasteiger partial charge in [-0.3, -0.25) is 0 Å². The molecule has 19 heavy (non-hydrogen) atoms. The quantitative estimate of drug-likeness (QED) is 0.899. The molecule has 0 fully saturated rings. The van der Waals surface area contributed by atoms with E-state index in [4.69, 9.17) is 27.6 Å². The highest BCUT2D eigenvalue weighted by molar-refractivity contribution is 6.42. The molecular weight excluding hydrogens is 283 g/mol. The number of halogens is 2. The fourth-order valence-electron chi connectivity index (χ4n) is 1.68. The van der Waals surface area contributed by atoms with Gasteiger partial charge in [0.05, 0.1) is 16.2 Å². The molecule has 0 radical (unpaired) electrons. The first kappa shape index (κ1) is 14.4. The molecule has 0 atom stereocenters. The van der Waals surface area contributed by atoms with Crippen molar-refractivity contribution in [1.29, 1.82) is 0 Å². The van der Waals surface area contributed by atoms with Crippen LogP contribution >= 0.6 is 23.2 Å². The monoisotopic (exact) mass is 298 g/mol. The molecule has 5 heteroatoms. The summed E-state index contributed by atoms with van der Waals surface area (Å²) in [5.74, 6) is 1.42. The van der Waals surface area contributed by atoms with Crippen LogP contribution < -0.4 is 5.32 Å². The molecule has 0 aliphatic heterocycles. The minimum absolute atomic E-state index is 0.463. The number of nitrogens with one attached hydrogen (secondary N) is 1. The molecule has 102 valence electrons. The van der Waals surface area contributed by atoms with Crippen LogP contribution in [0.5, 0.6) is 0 Å². The smallest absolute Gasteiger partial charge is 0.196 e. The van der Waals surface area contributed by atoms with E-state index in [1.54, 1.807) is 18.3 Å². The molecule has 0 saturated heterocycles. The predicted molar refractivity (Wildman–Crippen MR) is 78.8 cm³/mol. The van der Waals surface area contributed by atoms with Gasteiger partial charge in [0.2, 0.25) is 0 Å². The Hall–Kier alpha value is -1.03. The molecule has 1 heterocycles. The zero-order chi connectivity index (χ0) is 13.8. The van der Waals surface area contributed by atoms with Crippen LogP contribution in [0.2, 0.25) is 10.0 Å². The second kappa shape index (κ2) is 6.42. The van der Waals surface area contributed by atoms with Crippen LogP contribution in [0, 0.1) is 0 Å². The van der Waals surface area contributed by atoms with Crippen molar-refractivity contribution in [3.05, 3.63) is 40.3 Å². The summed E-state index contributed by atoms with van der Waals surface area (Å²) < 4.78 is 5.69. The van der Waals surface area contributed by atoms with Gasteiger partial charge in [0.15, 0.2) is 11.7 Å². The van der Waals surface area contributed by atoms with Gasteiger partial charge >= 0.3 is 0 Å². The normalized spacial score (nSPS) is 11.2. The van der Waals surface area contributed by atoms with E-state index in [1.807, 2.05) is 6.07 Å². The first-order valence-electron chi connectivity index (χ1n) is 6.20. The van der Waals surface area contributed by atoms with Gasteiger partial charge in [-0.15, -0.1) is 0 Å². The van der Waals surface area contributed by atoms with E-state index in [0.29, 0.717) is 27.7 Å². The number of rotatable bonds is 5. The van der Waals surface area contributed by atoms with Crippen LogP contribution in [-0.4, -0.2) is 17.6 Å². The van der Waals surface area contributed by atoms with Crippen molar-refractivity contribution in [3.63, 3.8) is 0 Å². The Morgan fingerprint density at radius 1 is 1.26 bits per heavy atom. The van der Waals surface area contributed by atoms with Crippen LogP contribution in [0.4, 0.5) is 0 Å². The Kier molecular flexibility index (Phi) is 4.86. The van der Waals surface area contributed by atoms with E-state index < -0.39 is 0 Å². The fraction of sp³-hybridized carbons (Fsp3) is 0.357. The third-order valence-electron chi connectivity index (χ3n) is 2.65. The summed E-state index contributed by atoms with van der Waals surface area (Å²) in [6, 6.07) is 5.86. The Morgan fingerprint density at radius 2 is 2.05 bits per heavy atom. The van der Waals surface area contributed by atoms with Crippen molar-refractivity contribution >= 4 is 23.2 Å². The molecule has 2 aromatic rings. The van der Waals surface area contributed by atoms with Gasteiger partial charge in [0.25, 0.3) is 0 Å². The van der Waals surface area contributed by atoms with Crippen LogP contribution in [0.15, 0.2) is 28.8 Å². The van der Waals surface area contributed by atoms with Crippen molar-refractivity contribution in [2.24, 2.45) is 0 Å². The van der Waals surface area contributed by atoms with Gasteiger partial charge in [0.1, 0.15) is 0 Å². The lowest BCUT2D eigenvalue weighted by Gasteiger charge is -2.05. The molecule has 1 aromatic carbocycles. The summed E-state index contributed by atoms with van der Waals surface area (Å²) in [5.41, 5.74) is 0.880. The lowest BCUT2D eigenvalue weighted by Crippen LogP contribution is -2.24.